The summed E-state index contributed by atoms with van der Waals surface area (Å²) in [6.07, 6.45) is 3.39. The van der Waals surface area contributed by atoms with E-state index in [9.17, 15) is 9.59 Å². The molecule has 0 fully saturated rings. The van der Waals surface area contributed by atoms with Crippen LogP contribution in [0.2, 0.25) is 0 Å². The molecule has 0 aliphatic rings. The molecule has 2 aromatic carbocycles. The number of ether oxygens (including phenoxy) is 2. The van der Waals surface area contributed by atoms with Gasteiger partial charge in [0.1, 0.15) is 0 Å². The van der Waals surface area contributed by atoms with Crippen LogP contribution in [0.25, 0.3) is 6.08 Å². The molecule has 6 nitrogen and oxygen atoms in total. The fourth-order valence-corrected chi connectivity index (χ4v) is 2.37. The van der Waals surface area contributed by atoms with E-state index >= 15 is 0 Å². The molecule has 0 aliphatic heterocycles. The summed E-state index contributed by atoms with van der Waals surface area (Å²) < 4.78 is 10.4. The summed E-state index contributed by atoms with van der Waals surface area (Å²) in [5, 5.41) is 5.51. The van der Waals surface area contributed by atoms with Gasteiger partial charge in [0.15, 0.2) is 11.5 Å². The molecule has 0 radical (unpaired) electrons. The molecule has 0 saturated carbocycles. The van der Waals surface area contributed by atoms with Crippen molar-refractivity contribution in [3.05, 3.63) is 65.7 Å². The summed E-state index contributed by atoms with van der Waals surface area (Å²) >= 11 is 0. The van der Waals surface area contributed by atoms with Crippen LogP contribution in [0.4, 0.5) is 0 Å². The van der Waals surface area contributed by atoms with Crippen LogP contribution in [0, 0.1) is 0 Å². The van der Waals surface area contributed by atoms with Gasteiger partial charge in [0.05, 0.1) is 14.2 Å². The maximum absolute atomic E-state index is 11.9. The molecule has 0 aromatic heterocycles. The van der Waals surface area contributed by atoms with E-state index in [2.05, 4.69) is 10.6 Å². The lowest BCUT2D eigenvalue weighted by atomic mass is 10.2. The zero-order valence-electron chi connectivity index (χ0n) is 15.5. The summed E-state index contributed by atoms with van der Waals surface area (Å²) in [6.45, 7) is 0.650. The Balaban J connectivity index is 1.70. The van der Waals surface area contributed by atoms with Gasteiger partial charge in [0, 0.05) is 25.6 Å². The molecule has 0 unspecified atom stereocenters. The molecule has 2 amide bonds. The van der Waals surface area contributed by atoms with E-state index in [0.717, 1.165) is 11.1 Å². The summed E-state index contributed by atoms with van der Waals surface area (Å²) in [5.41, 5.74) is 1.84. The molecule has 0 heterocycles. The quantitative estimate of drug-likeness (QED) is 0.667. The number of carbonyl (C=O) groups is 2. The summed E-state index contributed by atoms with van der Waals surface area (Å²) in [5.74, 6) is 0.879. The predicted octanol–water partition coefficient (Wildman–Crippen LogP) is 2.54. The molecule has 2 rings (SSSR count). The molecule has 2 N–H and O–H groups in total. The smallest absolute Gasteiger partial charge is 0.244 e. The van der Waals surface area contributed by atoms with Crippen LogP contribution < -0.4 is 20.1 Å². The van der Waals surface area contributed by atoms with Crippen molar-refractivity contribution in [1.82, 2.24) is 10.6 Å². The SMILES string of the molecule is COc1ccc(CNC(=O)CCNC(=O)/C=C/c2ccccc2)cc1OC. The molecule has 0 spiro atoms. The average molecular weight is 368 g/mol. The van der Waals surface area contributed by atoms with Gasteiger partial charge in [0.2, 0.25) is 11.8 Å². The summed E-state index contributed by atoms with van der Waals surface area (Å²) in [4.78, 5) is 23.7. The van der Waals surface area contributed by atoms with E-state index in [4.69, 9.17) is 9.47 Å². The zero-order chi connectivity index (χ0) is 19.5. The lowest BCUT2D eigenvalue weighted by Crippen LogP contribution is -2.29. The molecule has 6 heteroatoms. The van der Waals surface area contributed by atoms with Gasteiger partial charge in [-0.3, -0.25) is 9.59 Å². The Morgan fingerprint density at radius 3 is 2.41 bits per heavy atom. The van der Waals surface area contributed by atoms with Crippen LogP contribution in [0.15, 0.2) is 54.6 Å². The van der Waals surface area contributed by atoms with E-state index in [1.807, 2.05) is 42.5 Å². The third-order valence-corrected chi connectivity index (χ3v) is 3.82. The molecule has 0 saturated heterocycles. The second-order valence-corrected chi connectivity index (χ2v) is 5.75. The van der Waals surface area contributed by atoms with Crippen LogP contribution in [-0.2, 0) is 16.1 Å². The largest absolute Gasteiger partial charge is 0.493 e. The van der Waals surface area contributed by atoms with Crippen molar-refractivity contribution in [2.24, 2.45) is 0 Å². The molecular weight excluding hydrogens is 344 g/mol. The predicted molar refractivity (Wildman–Crippen MR) is 104 cm³/mol. The molecule has 0 bridgehead atoms. The molecule has 142 valence electrons. The van der Waals surface area contributed by atoms with E-state index in [1.54, 1.807) is 26.4 Å². The van der Waals surface area contributed by atoms with Gasteiger partial charge in [-0.15, -0.1) is 0 Å². The maximum atomic E-state index is 11.9. The van der Waals surface area contributed by atoms with E-state index < -0.39 is 0 Å². The van der Waals surface area contributed by atoms with Crippen LogP contribution in [0.3, 0.4) is 0 Å². The monoisotopic (exact) mass is 368 g/mol. The highest BCUT2D eigenvalue weighted by molar-refractivity contribution is 5.92. The first-order chi connectivity index (χ1) is 13.1. The van der Waals surface area contributed by atoms with Crippen molar-refractivity contribution in [3.63, 3.8) is 0 Å². The normalized spacial score (nSPS) is 10.4. The average Bonchev–Trinajstić information content (AvgIpc) is 2.71. The van der Waals surface area contributed by atoms with Crippen molar-refractivity contribution < 1.29 is 19.1 Å². The van der Waals surface area contributed by atoms with Crippen molar-refractivity contribution in [2.75, 3.05) is 20.8 Å². The van der Waals surface area contributed by atoms with Gasteiger partial charge in [-0.1, -0.05) is 36.4 Å². The Bertz CT molecular complexity index is 788. The minimum Gasteiger partial charge on any atom is -0.493 e. The van der Waals surface area contributed by atoms with Gasteiger partial charge in [-0.25, -0.2) is 0 Å². The second kappa shape index (κ2) is 10.7. The minimum atomic E-state index is -0.230. The fraction of sp³-hybridized carbons (Fsp3) is 0.238. The highest BCUT2D eigenvalue weighted by atomic mass is 16.5. The first-order valence-corrected chi connectivity index (χ1v) is 8.61. The number of rotatable bonds is 9. The number of benzene rings is 2. The first-order valence-electron chi connectivity index (χ1n) is 8.61. The first kappa shape index (κ1) is 20.0. The Morgan fingerprint density at radius 2 is 1.70 bits per heavy atom. The third-order valence-electron chi connectivity index (χ3n) is 3.82. The molecule has 27 heavy (non-hydrogen) atoms. The Kier molecular flexibility index (Phi) is 7.91. The fourth-order valence-electron chi connectivity index (χ4n) is 2.37. The lowest BCUT2D eigenvalue weighted by molar-refractivity contribution is -0.121. The van der Waals surface area contributed by atoms with Crippen LogP contribution in [0.1, 0.15) is 17.5 Å². The van der Waals surface area contributed by atoms with Gasteiger partial charge < -0.3 is 20.1 Å². The topological polar surface area (TPSA) is 76.7 Å². The minimum absolute atomic E-state index is 0.142. The third kappa shape index (κ3) is 6.86. The van der Waals surface area contributed by atoms with Gasteiger partial charge >= 0.3 is 0 Å². The zero-order valence-corrected chi connectivity index (χ0v) is 15.5. The molecule has 0 atom stereocenters. The molecular formula is C21H24N2O4. The highest BCUT2D eigenvalue weighted by Crippen LogP contribution is 2.27. The number of hydrogen-bond donors (Lipinski definition) is 2. The summed E-state index contributed by atoms with van der Waals surface area (Å²) in [7, 11) is 3.14. The Hall–Kier alpha value is -3.28. The highest BCUT2D eigenvalue weighted by Gasteiger charge is 2.06. The number of carbonyl (C=O) groups excluding carboxylic acids is 2. The molecule has 0 aliphatic carbocycles. The van der Waals surface area contributed by atoms with Gasteiger partial charge in [-0.05, 0) is 29.3 Å². The summed E-state index contributed by atoms with van der Waals surface area (Å²) in [6, 6.07) is 15.0. The Labute approximate surface area is 159 Å². The lowest BCUT2D eigenvalue weighted by Gasteiger charge is -2.10. The van der Waals surface area contributed by atoms with Crippen molar-refractivity contribution in [2.45, 2.75) is 13.0 Å². The number of hydrogen-bond acceptors (Lipinski definition) is 4. The number of amides is 2. The Morgan fingerprint density at radius 1 is 0.963 bits per heavy atom. The van der Waals surface area contributed by atoms with Crippen LogP contribution >= 0.6 is 0 Å². The molecule has 2 aromatic rings. The van der Waals surface area contributed by atoms with E-state index in [-0.39, 0.29) is 24.8 Å². The van der Waals surface area contributed by atoms with Gasteiger partial charge in [-0.2, -0.15) is 0 Å². The number of nitrogens with one attached hydrogen (secondary N) is 2. The standard InChI is InChI=1S/C21H24N2O4/c1-26-18-10-8-17(14-19(18)27-2)15-23-21(25)12-13-22-20(24)11-9-16-6-4-3-5-7-16/h3-11,14H,12-13,15H2,1-2H3,(H,22,24)(H,23,25)/b11-9+. The van der Waals surface area contributed by atoms with Crippen molar-refractivity contribution in [1.29, 1.82) is 0 Å². The van der Waals surface area contributed by atoms with Crippen molar-refractivity contribution >= 4 is 17.9 Å². The second-order valence-electron chi connectivity index (χ2n) is 5.75. The van der Waals surface area contributed by atoms with E-state index in [0.29, 0.717) is 18.0 Å². The van der Waals surface area contributed by atoms with E-state index in [1.165, 1.54) is 6.08 Å². The number of methoxy groups -OCH3 is 2. The maximum Gasteiger partial charge on any atom is 0.244 e. The van der Waals surface area contributed by atoms with Crippen LogP contribution in [0.5, 0.6) is 11.5 Å². The van der Waals surface area contributed by atoms with Crippen LogP contribution in [-0.4, -0.2) is 32.6 Å². The van der Waals surface area contributed by atoms with Gasteiger partial charge in [0.25, 0.3) is 0 Å². The van der Waals surface area contributed by atoms with Crippen molar-refractivity contribution in [3.8, 4) is 11.5 Å².